The molecule has 3 rings (SSSR count). The molecule has 0 amide bonds. The van der Waals surface area contributed by atoms with E-state index in [0.29, 0.717) is 6.54 Å². The predicted octanol–water partition coefficient (Wildman–Crippen LogP) is 2.77. The van der Waals surface area contributed by atoms with Crippen molar-refractivity contribution in [2.45, 2.75) is 13.5 Å². The fourth-order valence-electron chi connectivity index (χ4n) is 2.20. The number of nitrogens with two attached hydrogens (primary N) is 1. The minimum atomic E-state index is 0.550. The maximum atomic E-state index is 5.68. The zero-order chi connectivity index (χ0) is 12.5. The van der Waals surface area contributed by atoms with Gasteiger partial charge < -0.3 is 10.1 Å². The van der Waals surface area contributed by atoms with Crippen LogP contribution in [-0.2, 0) is 6.54 Å². The highest BCUT2D eigenvalue weighted by Crippen LogP contribution is 2.23. The van der Waals surface area contributed by atoms with E-state index in [0.717, 1.165) is 28.2 Å². The van der Waals surface area contributed by atoms with E-state index in [1.54, 1.807) is 0 Å². The van der Waals surface area contributed by atoms with Crippen molar-refractivity contribution >= 4 is 5.65 Å². The second-order valence-corrected chi connectivity index (χ2v) is 4.38. The summed E-state index contributed by atoms with van der Waals surface area (Å²) in [6.07, 6.45) is 2.06. The fourth-order valence-corrected chi connectivity index (χ4v) is 2.20. The first-order valence-electron chi connectivity index (χ1n) is 6.02. The van der Waals surface area contributed by atoms with Gasteiger partial charge in [0, 0.05) is 24.0 Å². The first kappa shape index (κ1) is 11.0. The Morgan fingerprint density at radius 1 is 1.11 bits per heavy atom. The summed E-state index contributed by atoms with van der Waals surface area (Å²) in [5, 5.41) is 0. The molecule has 2 aromatic heterocycles. The molecule has 3 nitrogen and oxygen atoms in total. The second-order valence-electron chi connectivity index (χ2n) is 4.38. The number of aryl methyl sites for hydroxylation is 1. The Morgan fingerprint density at radius 3 is 2.61 bits per heavy atom. The van der Waals surface area contributed by atoms with Crippen LogP contribution in [0.3, 0.4) is 0 Å². The van der Waals surface area contributed by atoms with Crippen LogP contribution >= 0.6 is 0 Å². The molecule has 0 radical (unpaired) electrons. The van der Waals surface area contributed by atoms with Crippen LogP contribution in [0, 0.1) is 6.92 Å². The number of benzene rings is 1. The summed E-state index contributed by atoms with van der Waals surface area (Å²) in [7, 11) is 0. The molecule has 0 saturated carbocycles. The molecule has 1 aromatic carbocycles. The monoisotopic (exact) mass is 237 g/mol. The van der Waals surface area contributed by atoms with E-state index in [9.17, 15) is 0 Å². The number of rotatable bonds is 2. The van der Waals surface area contributed by atoms with Crippen LogP contribution in [0.1, 0.15) is 11.3 Å². The van der Waals surface area contributed by atoms with Gasteiger partial charge in [0.1, 0.15) is 5.65 Å². The van der Waals surface area contributed by atoms with Gasteiger partial charge in [-0.25, -0.2) is 4.98 Å². The van der Waals surface area contributed by atoms with Crippen molar-refractivity contribution in [2.24, 2.45) is 5.73 Å². The molecule has 0 spiro atoms. The quantitative estimate of drug-likeness (QED) is 0.744. The molecular formula is C15H15N3. The summed E-state index contributed by atoms with van der Waals surface area (Å²) < 4.78 is 2.10. The van der Waals surface area contributed by atoms with Crippen LogP contribution in [0.2, 0.25) is 0 Å². The fraction of sp³-hybridized carbons (Fsp3) is 0.133. The van der Waals surface area contributed by atoms with E-state index in [2.05, 4.69) is 34.6 Å². The average Bonchev–Trinajstić information content (AvgIpc) is 2.77. The molecule has 0 saturated heterocycles. The van der Waals surface area contributed by atoms with Crippen molar-refractivity contribution in [1.82, 2.24) is 9.38 Å². The molecule has 0 unspecified atom stereocenters. The van der Waals surface area contributed by atoms with Gasteiger partial charge in [-0.3, -0.25) is 0 Å². The predicted molar refractivity (Wildman–Crippen MR) is 73.3 cm³/mol. The molecule has 0 fully saturated rings. The van der Waals surface area contributed by atoms with E-state index >= 15 is 0 Å². The van der Waals surface area contributed by atoms with E-state index in [4.69, 9.17) is 5.73 Å². The molecule has 0 aliphatic carbocycles. The van der Waals surface area contributed by atoms with Crippen LogP contribution in [0.5, 0.6) is 0 Å². The smallest absolute Gasteiger partial charge is 0.137 e. The minimum absolute atomic E-state index is 0.550. The average molecular weight is 237 g/mol. The van der Waals surface area contributed by atoms with Gasteiger partial charge in [0.25, 0.3) is 0 Å². The maximum absolute atomic E-state index is 5.68. The molecule has 0 aliphatic rings. The van der Waals surface area contributed by atoms with Crippen molar-refractivity contribution in [3.8, 4) is 11.3 Å². The highest BCUT2D eigenvalue weighted by molar-refractivity contribution is 5.66. The molecule has 2 heterocycles. The SMILES string of the molecule is Cc1c(-c2ccccc2)nc2ccc(CN)cn12. The first-order valence-corrected chi connectivity index (χ1v) is 6.02. The van der Waals surface area contributed by atoms with E-state index in [1.165, 1.54) is 0 Å². The summed E-state index contributed by atoms with van der Waals surface area (Å²) in [4.78, 5) is 4.68. The lowest BCUT2D eigenvalue weighted by molar-refractivity contribution is 1.01. The summed E-state index contributed by atoms with van der Waals surface area (Å²) in [6.45, 7) is 2.64. The van der Waals surface area contributed by atoms with E-state index in [1.807, 2.05) is 30.3 Å². The van der Waals surface area contributed by atoms with Gasteiger partial charge in [-0.15, -0.1) is 0 Å². The lowest BCUT2D eigenvalue weighted by atomic mass is 10.1. The molecule has 0 aliphatic heterocycles. The van der Waals surface area contributed by atoms with Crippen molar-refractivity contribution in [3.05, 3.63) is 59.9 Å². The third-order valence-electron chi connectivity index (χ3n) is 3.20. The Labute approximate surface area is 106 Å². The lowest BCUT2D eigenvalue weighted by Gasteiger charge is -2.01. The maximum Gasteiger partial charge on any atom is 0.137 e. The number of imidazole rings is 1. The van der Waals surface area contributed by atoms with E-state index < -0.39 is 0 Å². The summed E-state index contributed by atoms with van der Waals surface area (Å²) >= 11 is 0. The molecule has 90 valence electrons. The van der Waals surface area contributed by atoms with Crippen LogP contribution in [0.25, 0.3) is 16.9 Å². The summed E-state index contributed by atoms with van der Waals surface area (Å²) in [6, 6.07) is 14.3. The number of hydrogen-bond donors (Lipinski definition) is 1. The van der Waals surface area contributed by atoms with Gasteiger partial charge in [-0.1, -0.05) is 36.4 Å². The largest absolute Gasteiger partial charge is 0.326 e. The second kappa shape index (κ2) is 4.27. The molecule has 2 N–H and O–H groups in total. The van der Waals surface area contributed by atoms with Gasteiger partial charge in [0.2, 0.25) is 0 Å². The van der Waals surface area contributed by atoms with Crippen LogP contribution < -0.4 is 5.73 Å². The number of nitrogens with zero attached hydrogens (tertiary/aromatic N) is 2. The van der Waals surface area contributed by atoms with E-state index in [-0.39, 0.29) is 0 Å². The highest BCUT2D eigenvalue weighted by atomic mass is 15.0. The van der Waals surface area contributed by atoms with Gasteiger partial charge >= 0.3 is 0 Å². The molecule has 18 heavy (non-hydrogen) atoms. The zero-order valence-electron chi connectivity index (χ0n) is 10.3. The third-order valence-corrected chi connectivity index (χ3v) is 3.20. The topological polar surface area (TPSA) is 43.3 Å². The van der Waals surface area contributed by atoms with Crippen molar-refractivity contribution in [2.75, 3.05) is 0 Å². The molecular weight excluding hydrogens is 222 g/mol. The molecule has 0 atom stereocenters. The number of aromatic nitrogens is 2. The summed E-state index contributed by atoms with van der Waals surface area (Å²) in [5.41, 5.74) is 11.1. The van der Waals surface area contributed by atoms with Crippen molar-refractivity contribution in [3.63, 3.8) is 0 Å². The Morgan fingerprint density at radius 2 is 1.89 bits per heavy atom. The van der Waals surface area contributed by atoms with Crippen LogP contribution in [0.4, 0.5) is 0 Å². The third kappa shape index (κ3) is 1.69. The standard InChI is InChI=1S/C15H15N3/c1-11-15(13-5-3-2-4-6-13)17-14-8-7-12(9-16)10-18(11)14/h2-8,10H,9,16H2,1H3. The number of hydrogen-bond acceptors (Lipinski definition) is 2. The Kier molecular flexibility index (Phi) is 2.61. The van der Waals surface area contributed by atoms with Gasteiger partial charge in [-0.05, 0) is 18.6 Å². The van der Waals surface area contributed by atoms with Gasteiger partial charge in [0.15, 0.2) is 0 Å². The first-order chi connectivity index (χ1) is 8.79. The molecule has 0 bridgehead atoms. The van der Waals surface area contributed by atoms with Crippen molar-refractivity contribution in [1.29, 1.82) is 0 Å². The summed E-state index contributed by atoms with van der Waals surface area (Å²) in [5.74, 6) is 0. The van der Waals surface area contributed by atoms with Crippen LogP contribution in [-0.4, -0.2) is 9.38 Å². The molecule has 3 heteroatoms. The Balaban J connectivity index is 2.23. The normalized spacial score (nSPS) is 11.0. The zero-order valence-corrected chi connectivity index (χ0v) is 10.3. The Hall–Kier alpha value is -2.13. The number of fused-ring (bicyclic) bond motifs is 1. The molecule has 3 aromatic rings. The number of pyridine rings is 1. The van der Waals surface area contributed by atoms with Crippen molar-refractivity contribution < 1.29 is 0 Å². The highest BCUT2D eigenvalue weighted by Gasteiger charge is 2.09. The minimum Gasteiger partial charge on any atom is -0.326 e. The van der Waals surface area contributed by atoms with Gasteiger partial charge in [-0.2, -0.15) is 0 Å². The van der Waals surface area contributed by atoms with Gasteiger partial charge in [0.05, 0.1) is 5.69 Å². The lowest BCUT2D eigenvalue weighted by Crippen LogP contribution is -1.98. The van der Waals surface area contributed by atoms with Crippen LogP contribution in [0.15, 0.2) is 48.7 Å². The Bertz CT molecular complexity index is 684.